The van der Waals surface area contributed by atoms with Gasteiger partial charge in [-0.15, -0.1) is 0 Å². The molecular formula is C15H19N3O2. The van der Waals surface area contributed by atoms with E-state index in [1.54, 1.807) is 18.0 Å². The smallest absolute Gasteiger partial charge is 0.255 e. The summed E-state index contributed by atoms with van der Waals surface area (Å²) in [6, 6.07) is 7.63. The first-order valence-corrected chi connectivity index (χ1v) is 6.59. The monoisotopic (exact) mass is 273 g/mol. The number of carbonyl (C=O) groups excluding carboxylic acids is 1. The molecular weight excluding hydrogens is 254 g/mol. The number of benzene rings is 1. The van der Waals surface area contributed by atoms with E-state index in [0.29, 0.717) is 12.1 Å². The van der Waals surface area contributed by atoms with E-state index in [2.05, 4.69) is 10.4 Å². The first kappa shape index (κ1) is 14.1. The third-order valence-corrected chi connectivity index (χ3v) is 3.15. The van der Waals surface area contributed by atoms with Crippen molar-refractivity contribution >= 4 is 5.91 Å². The molecule has 0 radical (unpaired) electrons. The molecule has 0 saturated carbocycles. The van der Waals surface area contributed by atoms with E-state index in [9.17, 15) is 4.79 Å². The maximum absolute atomic E-state index is 12.2. The predicted octanol–water partition coefficient (Wildman–Crippen LogP) is 2.15. The number of hydrogen-bond acceptors (Lipinski definition) is 3. The Labute approximate surface area is 118 Å². The highest BCUT2D eigenvalue weighted by Gasteiger charge is 2.13. The van der Waals surface area contributed by atoms with E-state index < -0.39 is 0 Å². The third kappa shape index (κ3) is 2.99. The van der Waals surface area contributed by atoms with Gasteiger partial charge in [-0.3, -0.25) is 9.48 Å². The first-order chi connectivity index (χ1) is 9.65. The molecule has 20 heavy (non-hydrogen) atoms. The lowest BCUT2D eigenvalue weighted by atomic mass is 10.2. The number of aromatic nitrogens is 2. The molecule has 1 N–H and O–H groups in total. The lowest BCUT2D eigenvalue weighted by molar-refractivity contribution is 0.0950. The fourth-order valence-electron chi connectivity index (χ4n) is 2.02. The van der Waals surface area contributed by atoms with Gasteiger partial charge in [0.2, 0.25) is 0 Å². The molecule has 0 fully saturated rings. The van der Waals surface area contributed by atoms with Gasteiger partial charge in [0.25, 0.3) is 5.91 Å². The molecule has 1 amide bonds. The minimum Gasteiger partial charge on any atom is -0.496 e. The van der Waals surface area contributed by atoms with Crippen molar-refractivity contribution < 1.29 is 9.53 Å². The number of para-hydroxylation sites is 1. The summed E-state index contributed by atoms with van der Waals surface area (Å²) in [6.07, 6.45) is 1.77. The molecule has 1 aromatic carbocycles. The second kappa shape index (κ2) is 6.23. The van der Waals surface area contributed by atoms with Crippen molar-refractivity contribution in [3.8, 4) is 5.75 Å². The molecule has 106 valence electrons. The molecule has 0 atom stereocenters. The van der Waals surface area contributed by atoms with Crippen LogP contribution in [0.3, 0.4) is 0 Å². The molecule has 2 aromatic rings. The SMILES string of the molecule is CCn1cc(C(=O)NCc2ccccc2OC)c(C)n1. The summed E-state index contributed by atoms with van der Waals surface area (Å²) < 4.78 is 7.02. The van der Waals surface area contributed by atoms with Crippen LogP contribution >= 0.6 is 0 Å². The van der Waals surface area contributed by atoms with Gasteiger partial charge in [-0.2, -0.15) is 5.10 Å². The van der Waals surface area contributed by atoms with Crippen molar-refractivity contribution in [1.29, 1.82) is 0 Å². The highest BCUT2D eigenvalue weighted by atomic mass is 16.5. The summed E-state index contributed by atoms with van der Waals surface area (Å²) >= 11 is 0. The molecule has 0 unspecified atom stereocenters. The van der Waals surface area contributed by atoms with Crippen LogP contribution in [0.4, 0.5) is 0 Å². The number of nitrogens with one attached hydrogen (secondary N) is 1. The second-order valence-electron chi connectivity index (χ2n) is 4.48. The van der Waals surface area contributed by atoms with Gasteiger partial charge in [0.15, 0.2) is 0 Å². The van der Waals surface area contributed by atoms with E-state index in [-0.39, 0.29) is 5.91 Å². The highest BCUT2D eigenvalue weighted by molar-refractivity contribution is 5.94. The third-order valence-electron chi connectivity index (χ3n) is 3.15. The van der Waals surface area contributed by atoms with Gasteiger partial charge in [0.1, 0.15) is 5.75 Å². The van der Waals surface area contributed by atoms with E-state index in [4.69, 9.17) is 4.74 Å². The number of ether oxygens (including phenoxy) is 1. The molecule has 0 aliphatic rings. The Balaban J connectivity index is 2.06. The standard InChI is InChI=1S/C15H19N3O2/c1-4-18-10-13(11(2)17-18)15(19)16-9-12-7-5-6-8-14(12)20-3/h5-8,10H,4,9H2,1-3H3,(H,16,19). The van der Waals surface area contributed by atoms with E-state index in [1.807, 2.05) is 38.1 Å². The summed E-state index contributed by atoms with van der Waals surface area (Å²) in [6.45, 7) is 5.01. The van der Waals surface area contributed by atoms with Crippen LogP contribution in [-0.4, -0.2) is 22.8 Å². The molecule has 5 nitrogen and oxygen atoms in total. The van der Waals surface area contributed by atoms with Crippen LogP contribution < -0.4 is 10.1 Å². The van der Waals surface area contributed by atoms with Crippen molar-refractivity contribution in [2.75, 3.05) is 7.11 Å². The Morgan fingerprint density at radius 1 is 1.40 bits per heavy atom. The largest absolute Gasteiger partial charge is 0.496 e. The quantitative estimate of drug-likeness (QED) is 0.908. The zero-order valence-electron chi connectivity index (χ0n) is 12.0. The van der Waals surface area contributed by atoms with Crippen LogP contribution in [0.5, 0.6) is 5.75 Å². The zero-order valence-corrected chi connectivity index (χ0v) is 12.0. The van der Waals surface area contributed by atoms with E-state index >= 15 is 0 Å². The average molecular weight is 273 g/mol. The first-order valence-electron chi connectivity index (χ1n) is 6.59. The van der Waals surface area contributed by atoms with Gasteiger partial charge in [0.05, 0.1) is 18.4 Å². The molecule has 0 bridgehead atoms. The van der Waals surface area contributed by atoms with Gasteiger partial charge >= 0.3 is 0 Å². The Morgan fingerprint density at radius 3 is 2.80 bits per heavy atom. The lowest BCUT2D eigenvalue weighted by Gasteiger charge is -2.09. The average Bonchev–Trinajstić information content (AvgIpc) is 2.86. The predicted molar refractivity (Wildman–Crippen MR) is 76.8 cm³/mol. The normalized spacial score (nSPS) is 10.3. The van der Waals surface area contributed by atoms with Crippen molar-refractivity contribution in [1.82, 2.24) is 15.1 Å². The van der Waals surface area contributed by atoms with Crippen LogP contribution in [0.2, 0.25) is 0 Å². The molecule has 0 spiro atoms. The number of rotatable bonds is 5. The van der Waals surface area contributed by atoms with Gasteiger partial charge in [-0.05, 0) is 19.9 Å². The van der Waals surface area contributed by atoms with Gasteiger partial charge in [-0.25, -0.2) is 0 Å². The number of methoxy groups -OCH3 is 1. The summed E-state index contributed by atoms with van der Waals surface area (Å²) in [7, 11) is 1.62. The van der Waals surface area contributed by atoms with Gasteiger partial charge < -0.3 is 10.1 Å². The number of amides is 1. The molecule has 2 rings (SSSR count). The van der Waals surface area contributed by atoms with Crippen LogP contribution in [0.15, 0.2) is 30.5 Å². The molecule has 1 heterocycles. The van der Waals surface area contributed by atoms with Crippen molar-refractivity contribution in [3.63, 3.8) is 0 Å². The fourth-order valence-corrected chi connectivity index (χ4v) is 2.02. The van der Waals surface area contributed by atoms with Gasteiger partial charge in [-0.1, -0.05) is 18.2 Å². The number of hydrogen-bond donors (Lipinski definition) is 1. The summed E-state index contributed by atoms with van der Waals surface area (Å²) in [5.41, 5.74) is 2.30. The van der Waals surface area contributed by atoms with Crippen LogP contribution in [-0.2, 0) is 13.1 Å². The molecule has 1 aromatic heterocycles. The Hall–Kier alpha value is -2.30. The minimum atomic E-state index is -0.117. The number of aryl methyl sites for hydroxylation is 2. The summed E-state index contributed by atoms with van der Waals surface area (Å²) in [5, 5.41) is 7.17. The second-order valence-corrected chi connectivity index (χ2v) is 4.48. The van der Waals surface area contributed by atoms with Gasteiger partial charge in [0, 0.05) is 24.8 Å². The maximum Gasteiger partial charge on any atom is 0.255 e. The molecule has 5 heteroatoms. The Morgan fingerprint density at radius 2 is 2.15 bits per heavy atom. The van der Waals surface area contributed by atoms with Crippen LogP contribution in [0, 0.1) is 6.92 Å². The van der Waals surface area contributed by atoms with E-state index in [0.717, 1.165) is 23.6 Å². The maximum atomic E-state index is 12.2. The summed E-state index contributed by atoms with van der Waals surface area (Å²) in [5.74, 6) is 0.655. The molecule has 0 aliphatic heterocycles. The fraction of sp³-hybridized carbons (Fsp3) is 0.333. The topological polar surface area (TPSA) is 56.2 Å². The Kier molecular flexibility index (Phi) is 4.40. The summed E-state index contributed by atoms with van der Waals surface area (Å²) in [4.78, 5) is 12.2. The van der Waals surface area contributed by atoms with Crippen LogP contribution in [0.25, 0.3) is 0 Å². The van der Waals surface area contributed by atoms with Crippen molar-refractivity contribution in [3.05, 3.63) is 47.3 Å². The molecule has 0 saturated heterocycles. The zero-order chi connectivity index (χ0) is 14.5. The minimum absolute atomic E-state index is 0.117. The van der Waals surface area contributed by atoms with Crippen molar-refractivity contribution in [2.24, 2.45) is 0 Å². The van der Waals surface area contributed by atoms with Crippen LogP contribution in [0.1, 0.15) is 28.5 Å². The number of nitrogens with zero attached hydrogens (tertiary/aromatic N) is 2. The van der Waals surface area contributed by atoms with Crippen molar-refractivity contribution in [2.45, 2.75) is 26.9 Å². The lowest BCUT2D eigenvalue weighted by Crippen LogP contribution is -2.23. The highest BCUT2D eigenvalue weighted by Crippen LogP contribution is 2.17. The Bertz CT molecular complexity index is 605. The molecule has 0 aliphatic carbocycles. The number of carbonyl (C=O) groups is 1. The van der Waals surface area contributed by atoms with E-state index in [1.165, 1.54) is 0 Å².